The Labute approximate surface area is 192 Å². The Morgan fingerprint density at radius 3 is 2.30 bits per heavy atom. The number of nitrogens with zero attached hydrogens (tertiary/aromatic N) is 1. The molecule has 0 aromatic heterocycles. The number of carbonyl (C=O) groups excluding carboxylic acids is 2. The van der Waals surface area contributed by atoms with Crippen LogP contribution >= 0.6 is 34.8 Å². The van der Waals surface area contributed by atoms with Crippen LogP contribution < -0.4 is 5.32 Å². The van der Waals surface area contributed by atoms with Gasteiger partial charge in [0.1, 0.15) is 6.04 Å². The second-order valence-corrected chi connectivity index (χ2v) is 9.01. The zero-order chi connectivity index (χ0) is 21.7. The number of hydrogen-bond donors (Lipinski definition) is 1. The van der Waals surface area contributed by atoms with Crippen LogP contribution in [0.2, 0.25) is 15.1 Å². The molecule has 1 fully saturated rings. The van der Waals surface area contributed by atoms with Crippen molar-refractivity contribution < 1.29 is 9.59 Å². The monoisotopic (exact) mass is 466 g/mol. The van der Waals surface area contributed by atoms with E-state index < -0.39 is 6.04 Å². The Bertz CT molecular complexity index is 896. The molecule has 1 atom stereocenters. The van der Waals surface area contributed by atoms with E-state index in [-0.39, 0.29) is 30.8 Å². The minimum Gasteiger partial charge on any atom is -0.352 e. The molecule has 1 unspecified atom stereocenters. The summed E-state index contributed by atoms with van der Waals surface area (Å²) in [7, 11) is 0. The van der Waals surface area contributed by atoms with Crippen LogP contribution in [0.4, 0.5) is 0 Å². The Kier molecular flexibility index (Phi) is 8.04. The molecule has 2 aromatic rings. The molecule has 0 bridgehead atoms. The average molecular weight is 468 g/mol. The molecule has 1 saturated carbocycles. The lowest BCUT2D eigenvalue weighted by Gasteiger charge is -2.30. The van der Waals surface area contributed by atoms with Crippen LogP contribution in [0, 0.1) is 0 Å². The molecular formula is C23H25Cl3N2O2. The normalized spacial score (nSPS) is 15.1. The van der Waals surface area contributed by atoms with Crippen molar-refractivity contribution in [3.05, 3.63) is 68.7 Å². The Hall–Kier alpha value is -1.75. The molecule has 7 heteroatoms. The van der Waals surface area contributed by atoms with Crippen LogP contribution in [0.1, 0.15) is 43.7 Å². The predicted molar refractivity (Wildman–Crippen MR) is 122 cm³/mol. The van der Waals surface area contributed by atoms with Gasteiger partial charge in [-0.25, -0.2) is 0 Å². The van der Waals surface area contributed by atoms with E-state index in [0.29, 0.717) is 15.1 Å². The largest absolute Gasteiger partial charge is 0.352 e. The van der Waals surface area contributed by atoms with Crippen molar-refractivity contribution in [1.29, 1.82) is 0 Å². The number of carbonyl (C=O) groups is 2. The molecular weight excluding hydrogens is 443 g/mol. The summed E-state index contributed by atoms with van der Waals surface area (Å²) in [5.41, 5.74) is 1.58. The molecule has 1 aliphatic rings. The molecule has 3 rings (SSSR count). The quantitative estimate of drug-likeness (QED) is 0.571. The van der Waals surface area contributed by atoms with Gasteiger partial charge < -0.3 is 10.2 Å². The first-order valence-corrected chi connectivity index (χ1v) is 11.2. The zero-order valence-electron chi connectivity index (χ0n) is 16.8. The molecule has 0 spiro atoms. The number of hydrogen-bond acceptors (Lipinski definition) is 2. The highest BCUT2D eigenvalue weighted by molar-refractivity contribution is 6.35. The molecule has 2 aromatic carbocycles. The van der Waals surface area contributed by atoms with Gasteiger partial charge in [0.05, 0.1) is 6.42 Å². The highest BCUT2D eigenvalue weighted by atomic mass is 35.5. The van der Waals surface area contributed by atoms with Crippen molar-refractivity contribution in [3.63, 3.8) is 0 Å². The number of halogens is 3. The van der Waals surface area contributed by atoms with Crippen molar-refractivity contribution in [1.82, 2.24) is 10.2 Å². The van der Waals surface area contributed by atoms with Gasteiger partial charge in [-0.1, -0.05) is 65.8 Å². The first-order chi connectivity index (χ1) is 14.3. The second kappa shape index (κ2) is 10.5. The molecule has 0 radical (unpaired) electrons. The van der Waals surface area contributed by atoms with E-state index in [1.165, 1.54) is 0 Å². The summed E-state index contributed by atoms with van der Waals surface area (Å²) in [5, 5.41) is 4.69. The Morgan fingerprint density at radius 1 is 1.03 bits per heavy atom. The SMILES string of the molecule is CC(C(=O)NC1CCCC1)N(Cc1ccc(Cl)cc1Cl)C(=O)Cc1ccc(Cl)cc1. The topological polar surface area (TPSA) is 49.4 Å². The van der Waals surface area contributed by atoms with Crippen LogP contribution in [-0.4, -0.2) is 28.8 Å². The number of rotatable bonds is 7. The molecule has 160 valence electrons. The van der Waals surface area contributed by atoms with Crippen molar-refractivity contribution in [3.8, 4) is 0 Å². The second-order valence-electron chi connectivity index (χ2n) is 7.73. The smallest absolute Gasteiger partial charge is 0.242 e. The van der Waals surface area contributed by atoms with Gasteiger partial charge in [-0.15, -0.1) is 0 Å². The van der Waals surface area contributed by atoms with Crippen LogP contribution in [0.5, 0.6) is 0 Å². The van der Waals surface area contributed by atoms with Crippen LogP contribution in [0.15, 0.2) is 42.5 Å². The minimum absolute atomic E-state index is 0.142. The van der Waals surface area contributed by atoms with Crippen molar-refractivity contribution in [2.24, 2.45) is 0 Å². The minimum atomic E-state index is -0.628. The molecule has 0 aliphatic heterocycles. The van der Waals surface area contributed by atoms with Gasteiger partial charge >= 0.3 is 0 Å². The summed E-state index contributed by atoms with van der Waals surface area (Å²) in [5.74, 6) is -0.297. The third-order valence-corrected chi connectivity index (χ3v) is 6.33. The maximum atomic E-state index is 13.2. The maximum Gasteiger partial charge on any atom is 0.242 e. The van der Waals surface area contributed by atoms with E-state index in [1.54, 1.807) is 42.2 Å². The van der Waals surface area contributed by atoms with Gasteiger partial charge in [0.2, 0.25) is 11.8 Å². The predicted octanol–water partition coefficient (Wildman–Crippen LogP) is 5.67. The van der Waals surface area contributed by atoms with Crippen LogP contribution in [-0.2, 0) is 22.6 Å². The van der Waals surface area contributed by atoms with E-state index >= 15 is 0 Å². The van der Waals surface area contributed by atoms with E-state index in [4.69, 9.17) is 34.8 Å². The summed E-state index contributed by atoms with van der Waals surface area (Å²) in [6.45, 7) is 1.98. The van der Waals surface area contributed by atoms with E-state index in [1.807, 2.05) is 12.1 Å². The lowest BCUT2D eigenvalue weighted by Crippen LogP contribution is -2.50. The maximum absolute atomic E-state index is 13.2. The van der Waals surface area contributed by atoms with Gasteiger partial charge in [0, 0.05) is 27.7 Å². The lowest BCUT2D eigenvalue weighted by atomic mass is 10.1. The molecule has 1 N–H and O–H groups in total. The highest BCUT2D eigenvalue weighted by Crippen LogP contribution is 2.24. The van der Waals surface area contributed by atoms with Crippen molar-refractivity contribution in [2.75, 3.05) is 0 Å². The summed E-state index contributed by atoms with van der Waals surface area (Å²) in [4.78, 5) is 27.7. The third-order valence-electron chi connectivity index (χ3n) is 5.49. The first kappa shape index (κ1) is 22.9. The van der Waals surface area contributed by atoms with Gasteiger partial charge in [0.15, 0.2) is 0 Å². The van der Waals surface area contributed by atoms with Crippen LogP contribution in [0.25, 0.3) is 0 Å². The standard InChI is InChI=1S/C23H25Cl3N2O2/c1-15(23(30)27-20-4-2-3-5-20)28(14-17-8-11-19(25)13-21(17)26)22(29)12-16-6-9-18(24)10-7-16/h6-11,13,15,20H,2-5,12,14H2,1H3,(H,27,30). The molecule has 30 heavy (non-hydrogen) atoms. The summed E-state index contributed by atoms with van der Waals surface area (Å²) in [6.07, 6.45) is 4.39. The fraction of sp³-hybridized carbons (Fsp3) is 0.391. The van der Waals surface area contributed by atoms with Gasteiger partial charge in [-0.2, -0.15) is 0 Å². The molecule has 0 saturated heterocycles. The Morgan fingerprint density at radius 2 is 1.67 bits per heavy atom. The van der Waals surface area contributed by atoms with Crippen molar-refractivity contribution in [2.45, 2.75) is 57.7 Å². The highest BCUT2D eigenvalue weighted by Gasteiger charge is 2.29. The van der Waals surface area contributed by atoms with Crippen LogP contribution in [0.3, 0.4) is 0 Å². The summed E-state index contributed by atoms with van der Waals surface area (Å²) in [6, 6.07) is 11.9. The summed E-state index contributed by atoms with van der Waals surface area (Å²) >= 11 is 18.3. The van der Waals surface area contributed by atoms with Gasteiger partial charge in [0.25, 0.3) is 0 Å². The number of amides is 2. The molecule has 4 nitrogen and oxygen atoms in total. The van der Waals surface area contributed by atoms with Gasteiger partial charge in [-0.05, 0) is 55.2 Å². The fourth-order valence-electron chi connectivity index (χ4n) is 3.69. The zero-order valence-corrected chi connectivity index (χ0v) is 19.1. The van der Waals surface area contributed by atoms with Crippen molar-refractivity contribution >= 4 is 46.6 Å². The lowest BCUT2D eigenvalue weighted by molar-refractivity contribution is -0.140. The van der Waals surface area contributed by atoms with Gasteiger partial charge in [-0.3, -0.25) is 9.59 Å². The molecule has 1 aliphatic carbocycles. The molecule has 0 heterocycles. The van der Waals surface area contributed by atoms with E-state index in [2.05, 4.69) is 5.32 Å². The summed E-state index contributed by atoms with van der Waals surface area (Å²) < 4.78 is 0. The fourth-order valence-corrected chi connectivity index (χ4v) is 4.28. The third kappa shape index (κ3) is 6.13. The first-order valence-electron chi connectivity index (χ1n) is 10.1. The van der Waals surface area contributed by atoms with E-state index in [0.717, 1.165) is 36.8 Å². The molecule has 2 amide bonds. The number of nitrogens with one attached hydrogen (secondary N) is 1. The van der Waals surface area contributed by atoms with E-state index in [9.17, 15) is 9.59 Å². The number of benzene rings is 2. The Balaban J connectivity index is 1.79. The average Bonchev–Trinajstić information content (AvgIpc) is 3.21.